The van der Waals surface area contributed by atoms with Crippen molar-refractivity contribution in [2.75, 3.05) is 19.4 Å². The van der Waals surface area contributed by atoms with Crippen LogP contribution in [0.4, 0.5) is 8.78 Å². The molecule has 15 heteroatoms. The monoisotopic (exact) mass is 634 g/mol. The molecule has 0 spiro atoms. The number of thioether (sulfide) groups is 1. The number of carbonyl (C=O) groups excluding carboxylic acids is 1. The zero-order valence-electron chi connectivity index (χ0n) is 20.7. The van der Waals surface area contributed by atoms with Gasteiger partial charge in [-0.2, -0.15) is 17.8 Å². The second-order valence-corrected chi connectivity index (χ2v) is 12.3. The number of esters is 1. The van der Waals surface area contributed by atoms with Crippen LogP contribution in [0.1, 0.15) is 17.2 Å². The summed E-state index contributed by atoms with van der Waals surface area (Å²) in [5.74, 6) is -0.823. The van der Waals surface area contributed by atoms with E-state index in [1.807, 2.05) is 0 Å². The number of pyridine rings is 1. The molecule has 214 valence electrons. The summed E-state index contributed by atoms with van der Waals surface area (Å²) in [7, 11) is -2.77. The molecule has 1 aliphatic heterocycles. The van der Waals surface area contributed by atoms with Crippen molar-refractivity contribution in [3.05, 3.63) is 87.3 Å². The van der Waals surface area contributed by atoms with Crippen molar-refractivity contribution in [1.82, 2.24) is 4.31 Å². The van der Waals surface area contributed by atoms with Crippen LogP contribution in [0.3, 0.4) is 0 Å². The average Bonchev–Trinajstić information content (AvgIpc) is 3.42. The van der Waals surface area contributed by atoms with Crippen LogP contribution in [0.5, 0.6) is 11.5 Å². The Morgan fingerprint density at radius 3 is 2.45 bits per heavy atom. The highest BCUT2D eigenvalue weighted by molar-refractivity contribution is 8.02. The lowest BCUT2D eigenvalue weighted by molar-refractivity contribution is -0.605. The molecular formula is C25H22Cl2F2N2O7S2. The van der Waals surface area contributed by atoms with E-state index in [0.717, 1.165) is 28.5 Å². The second-order valence-electron chi connectivity index (χ2n) is 8.36. The Morgan fingerprint density at radius 1 is 1.15 bits per heavy atom. The molecule has 2 aromatic carbocycles. The van der Waals surface area contributed by atoms with Gasteiger partial charge in [-0.05, 0) is 29.8 Å². The first kappa shape index (κ1) is 30.1. The van der Waals surface area contributed by atoms with Crippen molar-refractivity contribution in [3.8, 4) is 11.5 Å². The number of aromatic nitrogens is 1. The van der Waals surface area contributed by atoms with Crippen LogP contribution in [-0.4, -0.2) is 50.1 Å². The van der Waals surface area contributed by atoms with E-state index in [4.69, 9.17) is 32.7 Å². The third-order valence-electron chi connectivity index (χ3n) is 5.88. The van der Waals surface area contributed by atoms with Gasteiger partial charge >= 0.3 is 12.6 Å². The number of rotatable bonds is 10. The van der Waals surface area contributed by atoms with Crippen LogP contribution in [0, 0.1) is 5.21 Å². The van der Waals surface area contributed by atoms with Gasteiger partial charge in [-0.1, -0.05) is 47.5 Å². The summed E-state index contributed by atoms with van der Waals surface area (Å²) in [5, 5.41) is 10.5. The lowest BCUT2D eigenvalue weighted by atomic mass is 10.0. The van der Waals surface area contributed by atoms with Crippen LogP contribution < -0.4 is 14.2 Å². The highest BCUT2D eigenvalue weighted by atomic mass is 35.5. The van der Waals surface area contributed by atoms with Gasteiger partial charge in [0.15, 0.2) is 29.3 Å². The predicted octanol–water partition coefficient (Wildman–Crippen LogP) is 4.83. The first-order valence-corrected chi connectivity index (χ1v) is 14.8. The number of alkyl halides is 2. The zero-order chi connectivity index (χ0) is 29.0. The molecular weight excluding hydrogens is 613 g/mol. The van der Waals surface area contributed by atoms with E-state index >= 15 is 0 Å². The third-order valence-corrected chi connectivity index (χ3v) is 9.73. The Labute approximate surface area is 243 Å². The first-order valence-electron chi connectivity index (χ1n) is 11.6. The molecule has 0 saturated carbocycles. The fourth-order valence-electron chi connectivity index (χ4n) is 4.03. The summed E-state index contributed by atoms with van der Waals surface area (Å²) in [4.78, 5) is 13.5. The van der Waals surface area contributed by atoms with Crippen molar-refractivity contribution < 1.29 is 40.9 Å². The lowest BCUT2D eigenvalue weighted by Gasteiger charge is -2.26. The van der Waals surface area contributed by atoms with E-state index in [9.17, 15) is 27.2 Å². The van der Waals surface area contributed by atoms with Crippen LogP contribution in [0.2, 0.25) is 10.0 Å². The van der Waals surface area contributed by atoms with Crippen LogP contribution in [0.25, 0.3) is 0 Å². The summed E-state index contributed by atoms with van der Waals surface area (Å²) >= 11 is 13.6. The maximum absolute atomic E-state index is 13.5. The van der Waals surface area contributed by atoms with E-state index in [1.165, 1.54) is 37.4 Å². The Hall–Kier alpha value is -2.84. The van der Waals surface area contributed by atoms with Gasteiger partial charge in [-0.3, -0.25) is 0 Å². The summed E-state index contributed by atoms with van der Waals surface area (Å²) in [6, 6.07) is 11.6. The molecule has 1 fully saturated rings. The van der Waals surface area contributed by atoms with Gasteiger partial charge in [-0.25, -0.2) is 13.2 Å². The highest BCUT2D eigenvalue weighted by Crippen LogP contribution is 2.38. The fourth-order valence-corrected chi connectivity index (χ4v) is 7.70. The Kier molecular flexibility index (Phi) is 9.62. The van der Waals surface area contributed by atoms with Gasteiger partial charge in [0.25, 0.3) is 0 Å². The summed E-state index contributed by atoms with van der Waals surface area (Å²) in [6.45, 7) is -3.02. The molecule has 0 unspecified atom stereocenters. The zero-order valence-corrected chi connectivity index (χ0v) is 23.9. The molecule has 0 bridgehead atoms. The Bertz CT molecular complexity index is 1460. The lowest BCUT2D eigenvalue weighted by Crippen LogP contribution is -2.40. The second kappa shape index (κ2) is 12.8. The number of hydrogen-bond acceptors (Lipinski definition) is 8. The van der Waals surface area contributed by atoms with E-state index in [-0.39, 0.29) is 45.0 Å². The molecule has 1 aromatic heterocycles. The summed E-state index contributed by atoms with van der Waals surface area (Å²) in [5.41, 5.74) is 0.561. The van der Waals surface area contributed by atoms with Crippen molar-refractivity contribution in [3.63, 3.8) is 0 Å². The molecule has 9 nitrogen and oxygen atoms in total. The first-order chi connectivity index (χ1) is 19.0. The number of ether oxygens (including phenoxy) is 3. The number of methoxy groups -OCH3 is 1. The van der Waals surface area contributed by atoms with Gasteiger partial charge in [0.1, 0.15) is 16.1 Å². The Balaban J connectivity index is 1.68. The predicted molar refractivity (Wildman–Crippen MR) is 144 cm³/mol. The molecule has 0 N–H and O–H groups in total. The van der Waals surface area contributed by atoms with Crippen molar-refractivity contribution in [2.45, 2.75) is 29.4 Å². The molecule has 3 aromatic rings. The molecule has 1 saturated heterocycles. The van der Waals surface area contributed by atoms with Gasteiger partial charge in [0, 0.05) is 24.3 Å². The standard InChI is InChI=1S/C25H22Cl2F2N2O7S2/c1-36-22-11-15(7-8-20(22)38-25(28)29)21(12-17-18(26)13-30(33)14-19(17)27)37-24(32)23-31(9-10-39-23)40(34,35)16-5-3-2-4-6-16/h2-8,11,13-14,21,23,25H,9-10,12H2,1H3/t21-,23-/m0/s1. The minimum atomic E-state index is -4.01. The summed E-state index contributed by atoms with van der Waals surface area (Å²) < 4.78 is 69.2. The maximum atomic E-state index is 13.5. The molecule has 0 radical (unpaired) electrons. The van der Waals surface area contributed by atoms with Crippen LogP contribution >= 0.6 is 35.0 Å². The number of hydrogen-bond donors (Lipinski definition) is 0. The maximum Gasteiger partial charge on any atom is 0.387 e. The fraction of sp³-hybridized carbons (Fsp3) is 0.280. The molecule has 2 heterocycles. The largest absolute Gasteiger partial charge is 0.619 e. The van der Waals surface area contributed by atoms with Crippen molar-refractivity contribution in [2.24, 2.45) is 0 Å². The molecule has 2 atom stereocenters. The third kappa shape index (κ3) is 6.72. The minimum Gasteiger partial charge on any atom is -0.619 e. The number of halogens is 4. The van der Waals surface area contributed by atoms with Crippen molar-refractivity contribution in [1.29, 1.82) is 0 Å². The normalized spacial score (nSPS) is 16.6. The van der Waals surface area contributed by atoms with Crippen LogP contribution in [-0.2, 0) is 26.0 Å². The molecule has 0 aliphatic carbocycles. The Morgan fingerprint density at radius 2 is 1.82 bits per heavy atom. The SMILES string of the molecule is COc1cc([C@H](Cc2c(Cl)c[n+]([O-])cc2Cl)OC(=O)[C@@H]2SCCN2S(=O)(=O)c2ccccc2)ccc1OC(F)F. The van der Waals surface area contributed by atoms with Gasteiger partial charge in [-0.15, -0.1) is 11.8 Å². The molecule has 40 heavy (non-hydrogen) atoms. The summed E-state index contributed by atoms with van der Waals surface area (Å²) in [6.07, 6.45) is 0.874. The van der Waals surface area contributed by atoms with Crippen LogP contribution in [0.15, 0.2) is 65.8 Å². The number of carbonyl (C=O) groups is 1. The van der Waals surface area contributed by atoms with E-state index in [2.05, 4.69) is 4.74 Å². The van der Waals surface area contributed by atoms with E-state index in [1.54, 1.807) is 18.2 Å². The highest BCUT2D eigenvalue weighted by Gasteiger charge is 2.42. The van der Waals surface area contributed by atoms with Gasteiger partial charge in [0.2, 0.25) is 10.0 Å². The average molecular weight is 635 g/mol. The van der Waals surface area contributed by atoms with Crippen molar-refractivity contribution >= 4 is 51.0 Å². The van der Waals surface area contributed by atoms with Gasteiger partial charge in [0.05, 0.1) is 12.0 Å². The number of sulfonamides is 1. The molecule has 4 rings (SSSR count). The smallest absolute Gasteiger partial charge is 0.387 e. The number of benzene rings is 2. The minimum absolute atomic E-state index is 0.00306. The topological polar surface area (TPSA) is 109 Å². The number of nitrogens with zero attached hydrogens (tertiary/aromatic N) is 2. The molecule has 0 amide bonds. The van der Waals surface area contributed by atoms with E-state index in [0.29, 0.717) is 16.0 Å². The quantitative estimate of drug-likeness (QED) is 0.177. The van der Waals surface area contributed by atoms with E-state index < -0.39 is 34.1 Å². The molecule has 1 aliphatic rings. The van der Waals surface area contributed by atoms with Gasteiger partial charge < -0.3 is 19.4 Å².